The van der Waals surface area contributed by atoms with Crippen LogP contribution in [0.2, 0.25) is 0 Å². The van der Waals surface area contributed by atoms with Crippen molar-refractivity contribution in [1.29, 1.82) is 0 Å². The zero-order valence-electron chi connectivity index (χ0n) is 12.1. The zero-order chi connectivity index (χ0) is 15.2. The maximum absolute atomic E-state index is 12.1. The first-order valence-corrected chi connectivity index (χ1v) is 7.17. The average molecular weight is 298 g/mol. The predicted octanol–water partition coefficient (Wildman–Crippen LogP) is 3.11. The van der Waals surface area contributed by atoms with Crippen LogP contribution in [-0.2, 0) is 6.54 Å². The van der Waals surface area contributed by atoms with Crippen LogP contribution < -0.4 is 10.6 Å². The predicted molar refractivity (Wildman–Crippen MR) is 89.3 cm³/mol. The van der Waals surface area contributed by atoms with Gasteiger partial charge in [0.05, 0.1) is 0 Å². The van der Waals surface area contributed by atoms with Crippen LogP contribution in [0.3, 0.4) is 0 Å². The number of carbonyl (C=O) groups is 1. The highest BCUT2D eigenvalue weighted by Gasteiger charge is 2.09. The first-order valence-electron chi connectivity index (χ1n) is 6.76. The molecule has 0 saturated heterocycles. The fourth-order valence-corrected chi connectivity index (χ4v) is 2.10. The van der Waals surface area contributed by atoms with Crippen molar-refractivity contribution in [2.45, 2.75) is 20.4 Å². The summed E-state index contributed by atoms with van der Waals surface area (Å²) in [6.07, 6.45) is 0. The molecule has 0 bridgehead atoms. The van der Waals surface area contributed by atoms with Gasteiger partial charge in [-0.15, -0.1) is 0 Å². The van der Waals surface area contributed by atoms with E-state index in [-0.39, 0.29) is 5.91 Å². The van der Waals surface area contributed by atoms with E-state index in [0.29, 0.717) is 17.2 Å². The maximum Gasteiger partial charge on any atom is 0.257 e. The van der Waals surface area contributed by atoms with E-state index in [9.17, 15) is 4.79 Å². The Balaban J connectivity index is 1.89. The number of rotatable bonds is 3. The molecule has 1 amide bonds. The molecular formula is C17H18N2OS. The molecule has 0 fully saturated rings. The molecule has 3 nitrogen and oxygen atoms in total. The Morgan fingerprint density at radius 3 is 2.38 bits per heavy atom. The monoisotopic (exact) mass is 298 g/mol. The molecule has 2 aromatic rings. The Bertz CT molecular complexity index is 650. The molecule has 21 heavy (non-hydrogen) atoms. The average Bonchev–Trinajstić information content (AvgIpc) is 2.47. The van der Waals surface area contributed by atoms with Gasteiger partial charge in [-0.3, -0.25) is 10.1 Å². The van der Waals surface area contributed by atoms with Crippen LogP contribution >= 0.6 is 12.2 Å². The summed E-state index contributed by atoms with van der Waals surface area (Å²) in [5.74, 6) is -0.186. The minimum Gasteiger partial charge on any atom is -0.358 e. The van der Waals surface area contributed by atoms with Crippen LogP contribution in [0.4, 0.5) is 0 Å². The molecule has 0 aromatic heterocycles. The minimum atomic E-state index is -0.186. The molecule has 2 rings (SSSR count). The molecule has 4 heteroatoms. The van der Waals surface area contributed by atoms with Crippen molar-refractivity contribution in [2.75, 3.05) is 0 Å². The number of thiocarbonyl (C=S) groups is 1. The molecule has 108 valence electrons. The van der Waals surface area contributed by atoms with Crippen molar-refractivity contribution >= 4 is 23.2 Å². The Morgan fingerprint density at radius 2 is 1.71 bits per heavy atom. The van der Waals surface area contributed by atoms with Gasteiger partial charge in [-0.25, -0.2) is 0 Å². The first kappa shape index (κ1) is 15.2. The highest BCUT2D eigenvalue weighted by atomic mass is 32.1. The SMILES string of the molecule is Cc1ccc(CNC(=S)NC(=O)c2ccccc2C)cc1. The smallest absolute Gasteiger partial charge is 0.257 e. The second-order valence-electron chi connectivity index (χ2n) is 4.94. The van der Waals surface area contributed by atoms with Crippen molar-refractivity contribution in [3.05, 3.63) is 70.8 Å². The third-order valence-corrected chi connectivity index (χ3v) is 3.44. The summed E-state index contributed by atoms with van der Waals surface area (Å²) in [6.45, 7) is 4.54. The molecule has 0 atom stereocenters. The third kappa shape index (κ3) is 4.39. The molecule has 0 aliphatic rings. The number of nitrogens with one attached hydrogen (secondary N) is 2. The van der Waals surface area contributed by atoms with E-state index in [1.54, 1.807) is 6.07 Å². The Hall–Kier alpha value is -2.20. The van der Waals surface area contributed by atoms with Crippen LogP contribution in [0.25, 0.3) is 0 Å². The fraction of sp³-hybridized carbons (Fsp3) is 0.176. The summed E-state index contributed by atoms with van der Waals surface area (Å²) < 4.78 is 0. The second-order valence-corrected chi connectivity index (χ2v) is 5.35. The van der Waals surface area contributed by atoms with E-state index in [2.05, 4.69) is 10.6 Å². The van der Waals surface area contributed by atoms with Gasteiger partial charge in [0, 0.05) is 12.1 Å². The number of carbonyl (C=O) groups excluding carboxylic acids is 1. The summed E-state index contributed by atoms with van der Waals surface area (Å²) in [5.41, 5.74) is 3.90. The molecule has 0 heterocycles. The Labute approximate surface area is 130 Å². The van der Waals surface area contributed by atoms with E-state index in [0.717, 1.165) is 11.1 Å². The maximum atomic E-state index is 12.1. The molecule has 2 N–H and O–H groups in total. The number of benzene rings is 2. The lowest BCUT2D eigenvalue weighted by Crippen LogP contribution is -2.39. The van der Waals surface area contributed by atoms with Gasteiger partial charge in [0.1, 0.15) is 0 Å². The highest BCUT2D eigenvalue weighted by molar-refractivity contribution is 7.80. The van der Waals surface area contributed by atoms with Crippen LogP contribution in [0.15, 0.2) is 48.5 Å². The van der Waals surface area contributed by atoms with Crippen molar-refractivity contribution in [3.8, 4) is 0 Å². The van der Waals surface area contributed by atoms with Gasteiger partial charge in [-0.1, -0.05) is 48.0 Å². The standard InChI is InChI=1S/C17H18N2OS/c1-12-7-9-14(10-8-12)11-18-17(21)19-16(20)15-6-4-3-5-13(15)2/h3-10H,11H2,1-2H3,(H2,18,19,20,21). The van der Waals surface area contributed by atoms with E-state index in [1.165, 1.54) is 5.56 Å². The third-order valence-electron chi connectivity index (χ3n) is 3.19. The number of hydrogen-bond donors (Lipinski definition) is 2. The summed E-state index contributed by atoms with van der Waals surface area (Å²) in [4.78, 5) is 12.1. The van der Waals surface area contributed by atoms with Crippen molar-refractivity contribution < 1.29 is 4.79 Å². The van der Waals surface area contributed by atoms with Gasteiger partial charge < -0.3 is 5.32 Å². The van der Waals surface area contributed by atoms with Gasteiger partial charge >= 0.3 is 0 Å². The molecule has 2 aromatic carbocycles. The summed E-state index contributed by atoms with van der Waals surface area (Å²) in [7, 11) is 0. The van der Waals surface area contributed by atoms with E-state index < -0.39 is 0 Å². The molecule has 0 saturated carbocycles. The van der Waals surface area contributed by atoms with Crippen LogP contribution in [0.1, 0.15) is 27.0 Å². The molecule has 0 aliphatic carbocycles. The molecule has 0 radical (unpaired) electrons. The van der Waals surface area contributed by atoms with Crippen LogP contribution in [0, 0.1) is 13.8 Å². The highest BCUT2D eigenvalue weighted by Crippen LogP contribution is 2.06. The van der Waals surface area contributed by atoms with E-state index in [4.69, 9.17) is 12.2 Å². The van der Waals surface area contributed by atoms with Crippen molar-refractivity contribution in [1.82, 2.24) is 10.6 Å². The topological polar surface area (TPSA) is 41.1 Å². The molecular weight excluding hydrogens is 280 g/mol. The Kier molecular flexibility index (Phi) is 5.06. The number of amides is 1. The quantitative estimate of drug-likeness (QED) is 0.856. The second kappa shape index (κ2) is 6.99. The van der Waals surface area contributed by atoms with Gasteiger partial charge in [0.2, 0.25) is 0 Å². The van der Waals surface area contributed by atoms with E-state index >= 15 is 0 Å². The van der Waals surface area contributed by atoms with Gasteiger partial charge in [-0.2, -0.15) is 0 Å². The van der Waals surface area contributed by atoms with Crippen molar-refractivity contribution in [2.24, 2.45) is 0 Å². The van der Waals surface area contributed by atoms with Crippen molar-refractivity contribution in [3.63, 3.8) is 0 Å². The van der Waals surface area contributed by atoms with E-state index in [1.807, 2.05) is 56.3 Å². The fourth-order valence-electron chi connectivity index (χ4n) is 1.93. The molecule has 0 unspecified atom stereocenters. The molecule has 0 aliphatic heterocycles. The lowest BCUT2D eigenvalue weighted by Gasteiger charge is -2.11. The lowest BCUT2D eigenvalue weighted by atomic mass is 10.1. The van der Waals surface area contributed by atoms with Crippen LogP contribution in [-0.4, -0.2) is 11.0 Å². The Morgan fingerprint density at radius 1 is 1.05 bits per heavy atom. The number of aryl methyl sites for hydroxylation is 2. The summed E-state index contributed by atoms with van der Waals surface area (Å²) in [6, 6.07) is 15.6. The van der Waals surface area contributed by atoms with Gasteiger partial charge in [0.25, 0.3) is 5.91 Å². The molecule has 0 spiro atoms. The first-order chi connectivity index (χ1) is 10.1. The largest absolute Gasteiger partial charge is 0.358 e. The van der Waals surface area contributed by atoms with Gasteiger partial charge in [0.15, 0.2) is 5.11 Å². The van der Waals surface area contributed by atoms with Gasteiger partial charge in [-0.05, 0) is 43.3 Å². The van der Waals surface area contributed by atoms with Crippen LogP contribution in [0.5, 0.6) is 0 Å². The summed E-state index contributed by atoms with van der Waals surface area (Å²) in [5, 5.41) is 6.07. The summed E-state index contributed by atoms with van der Waals surface area (Å²) >= 11 is 5.16. The number of hydrogen-bond acceptors (Lipinski definition) is 2. The minimum absolute atomic E-state index is 0.186. The zero-order valence-corrected chi connectivity index (χ0v) is 13.0. The normalized spacial score (nSPS) is 10.0. The lowest BCUT2D eigenvalue weighted by molar-refractivity contribution is 0.0976.